The summed E-state index contributed by atoms with van der Waals surface area (Å²) in [5.41, 5.74) is -0.125. The number of ether oxygens (including phenoxy) is 2. The molecule has 7 heteroatoms. The monoisotopic (exact) mass is 322 g/mol. The van der Waals surface area contributed by atoms with Gasteiger partial charge in [-0.05, 0) is 24.3 Å². The smallest absolute Gasteiger partial charge is 0.209 e. The van der Waals surface area contributed by atoms with Crippen molar-refractivity contribution in [2.24, 2.45) is 0 Å². The number of hydrogen-bond acceptors (Lipinski definition) is 6. The molecular formula is C15H22N4O2S. The molecule has 1 heterocycles. The lowest BCUT2D eigenvalue weighted by atomic mass is 9.96. The summed E-state index contributed by atoms with van der Waals surface area (Å²) < 4.78 is 12.3. The third kappa shape index (κ3) is 4.07. The van der Waals surface area contributed by atoms with E-state index in [-0.39, 0.29) is 5.41 Å². The summed E-state index contributed by atoms with van der Waals surface area (Å²) in [5.74, 6) is 9.17. The van der Waals surface area contributed by atoms with Crippen LogP contribution in [0.3, 0.4) is 0 Å². The van der Waals surface area contributed by atoms with Crippen LogP contribution in [0.5, 0.6) is 11.5 Å². The van der Waals surface area contributed by atoms with Crippen molar-refractivity contribution in [3.05, 3.63) is 30.1 Å². The van der Waals surface area contributed by atoms with Gasteiger partial charge in [-0.25, -0.2) is 4.68 Å². The van der Waals surface area contributed by atoms with Crippen molar-refractivity contribution in [1.82, 2.24) is 14.9 Å². The molecule has 2 rings (SSSR count). The summed E-state index contributed by atoms with van der Waals surface area (Å²) in [6.07, 6.45) is 0. The van der Waals surface area contributed by atoms with Crippen molar-refractivity contribution < 1.29 is 9.47 Å². The molecule has 1 aromatic heterocycles. The maximum atomic E-state index is 6.03. The predicted octanol–water partition coefficient (Wildman–Crippen LogP) is 2.47. The molecule has 0 aliphatic heterocycles. The molecule has 22 heavy (non-hydrogen) atoms. The molecule has 0 spiro atoms. The van der Waals surface area contributed by atoms with Crippen LogP contribution in [0.4, 0.5) is 0 Å². The highest BCUT2D eigenvalue weighted by Crippen LogP contribution is 2.23. The van der Waals surface area contributed by atoms with E-state index >= 15 is 0 Å². The van der Waals surface area contributed by atoms with Crippen LogP contribution in [-0.4, -0.2) is 34.3 Å². The van der Waals surface area contributed by atoms with Crippen molar-refractivity contribution in [2.75, 3.05) is 25.3 Å². The Balaban J connectivity index is 1.82. The van der Waals surface area contributed by atoms with Gasteiger partial charge in [0.05, 0.1) is 13.7 Å². The molecule has 0 saturated heterocycles. The largest absolute Gasteiger partial charge is 0.497 e. The van der Waals surface area contributed by atoms with E-state index in [1.165, 1.54) is 11.8 Å². The number of thioether (sulfide) groups is 1. The van der Waals surface area contributed by atoms with E-state index in [2.05, 4.69) is 31.0 Å². The zero-order chi connectivity index (χ0) is 16.2. The topological polar surface area (TPSA) is 75.2 Å². The number of aromatic nitrogens is 3. The lowest BCUT2D eigenvalue weighted by molar-refractivity contribution is 0.342. The fourth-order valence-corrected chi connectivity index (χ4v) is 2.52. The van der Waals surface area contributed by atoms with Crippen LogP contribution in [-0.2, 0) is 5.41 Å². The maximum Gasteiger partial charge on any atom is 0.209 e. The second kappa shape index (κ2) is 6.91. The summed E-state index contributed by atoms with van der Waals surface area (Å²) in [6.45, 7) is 6.74. The molecule has 0 bridgehead atoms. The minimum absolute atomic E-state index is 0.125. The molecule has 6 nitrogen and oxygen atoms in total. The fraction of sp³-hybridized carbons (Fsp3) is 0.467. The molecule has 0 radical (unpaired) electrons. The number of methoxy groups -OCH3 is 1. The van der Waals surface area contributed by atoms with Crippen molar-refractivity contribution in [1.29, 1.82) is 0 Å². The third-order valence-electron chi connectivity index (χ3n) is 2.98. The average molecular weight is 322 g/mol. The Labute approximate surface area is 135 Å². The predicted molar refractivity (Wildman–Crippen MR) is 88.1 cm³/mol. The summed E-state index contributed by atoms with van der Waals surface area (Å²) in [4.78, 5) is 0. The summed E-state index contributed by atoms with van der Waals surface area (Å²) in [5, 5.41) is 8.98. The molecule has 0 fully saturated rings. The lowest BCUT2D eigenvalue weighted by Gasteiger charge is -2.16. The van der Waals surface area contributed by atoms with E-state index in [4.69, 9.17) is 15.3 Å². The minimum Gasteiger partial charge on any atom is -0.497 e. The minimum atomic E-state index is -0.125. The van der Waals surface area contributed by atoms with Gasteiger partial charge in [0.25, 0.3) is 0 Å². The fourth-order valence-electron chi connectivity index (χ4n) is 1.85. The Kier molecular flexibility index (Phi) is 5.18. The zero-order valence-electron chi connectivity index (χ0n) is 13.4. The molecule has 0 saturated carbocycles. The van der Waals surface area contributed by atoms with Crippen LogP contribution in [0.2, 0.25) is 0 Å². The first-order valence-electron chi connectivity index (χ1n) is 7.02. The standard InChI is InChI=1S/C15H22N4O2S/c1-15(2,3)13-17-18-14(19(13)16)22-10-9-21-12-7-5-11(20-4)6-8-12/h5-8H,9-10,16H2,1-4H3. The van der Waals surface area contributed by atoms with E-state index < -0.39 is 0 Å². The second-order valence-corrected chi connectivity index (χ2v) is 6.86. The van der Waals surface area contributed by atoms with Gasteiger partial charge >= 0.3 is 0 Å². The van der Waals surface area contributed by atoms with Crippen LogP contribution < -0.4 is 15.3 Å². The van der Waals surface area contributed by atoms with Crippen LogP contribution in [0.1, 0.15) is 26.6 Å². The van der Waals surface area contributed by atoms with Crippen LogP contribution in [0.15, 0.2) is 29.4 Å². The van der Waals surface area contributed by atoms with Crippen LogP contribution >= 0.6 is 11.8 Å². The van der Waals surface area contributed by atoms with E-state index in [0.29, 0.717) is 11.8 Å². The molecule has 2 N–H and O–H groups in total. The van der Waals surface area contributed by atoms with Gasteiger partial charge in [-0.2, -0.15) is 0 Å². The second-order valence-electron chi connectivity index (χ2n) is 5.80. The Morgan fingerprint density at radius 2 is 1.77 bits per heavy atom. The Morgan fingerprint density at radius 3 is 2.32 bits per heavy atom. The third-order valence-corrected chi connectivity index (χ3v) is 3.89. The van der Waals surface area contributed by atoms with Gasteiger partial charge in [0.15, 0.2) is 5.82 Å². The first-order valence-corrected chi connectivity index (χ1v) is 8.01. The van der Waals surface area contributed by atoms with Crippen LogP contribution in [0, 0.1) is 0 Å². The summed E-state index contributed by atoms with van der Waals surface area (Å²) in [7, 11) is 1.64. The van der Waals surface area contributed by atoms with Gasteiger partial charge in [0, 0.05) is 11.2 Å². The van der Waals surface area contributed by atoms with E-state index in [0.717, 1.165) is 23.1 Å². The molecule has 1 aromatic carbocycles. The number of benzene rings is 1. The molecule has 0 amide bonds. The Hall–Kier alpha value is -1.89. The van der Waals surface area contributed by atoms with Gasteiger partial charge in [-0.3, -0.25) is 0 Å². The molecule has 2 aromatic rings. The van der Waals surface area contributed by atoms with Gasteiger partial charge in [0.1, 0.15) is 11.5 Å². The highest BCUT2D eigenvalue weighted by atomic mass is 32.2. The van der Waals surface area contributed by atoms with Crippen molar-refractivity contribution in [3.63, 3.8) is 0 Å². The highest BCUT2D eigenvalue weighted by molar-refractivity contribution is 7.99. The molecular weight excluding hydrogens is 300 g/mol. The number of hydrogen-bond donors (Lipinski definition) is 1. The lowest BCUT2D eigenvalue weighted by Crippen LogP contribution is -2.24. The van der Waals surface area contributed by atoms with Gasteiger partial charge < -0.3 is 15.3 Å². The van der Waals surface area contributed by atoms with Crippen molar-refractivity contribution in [3.8, 4) is 11.5 Å². The molecule has 0 aliphatic carbocycles. The van der Waals surface area contributed by atoms with Gasteiger partial charge in [-0.1, -0.05) is 32.5 Å². The van der Waals surface area contributed by atoms with Crippen LogP contribution in [0.25, 0.3) is 0 Å². The highest BCUT2D eigenvalue weighted by Gasteiger charge is 2.22. The first kappa shape index (κ1) is 16.5. The van der Waals surface area contributed by atoms with E-state index in [9.17, 15) is 0 Å². The number of nitrogen functional groups attached to an aromatic ring is 1. The zero-order valence-corrected chi connectivity index (χ0v) is 14.2. The number of rotatable bonds is 6. The summed E-state index contributed by atoms with van der Waals surface area (Å²) in [6, 6.07) is 7.50. The quantitative estimate of drug-likeness (QED) is 0.500. The Morgan fingerprint density at radius 1 is 1.14 bits per heavy atom. The normalized spacial score (nSPS) is 11.5. The molecule has 0 aliphatic rings. The molecule has 120 valence electrons. The SMILES string of the molecule is COc1ccc(OCCSc2nnc(C(C)(C)C)n2N)cc1. The average Bonchev–Trinajstić information content (AvgIpc) is 2.85. The number of nitrogens with two attached hydrogens (primary N) is 1. The maximum absolute atomic E-state index is 6.03. The molecule has 0 unspecified atom stereocenters. The number of nitrogens with zero attached hydrogens (tertiary/aromatic N) is 3. The first-order chi connectivity index (χ1) is 10.4. The van der Waals surface area contributed by atoms with Crippen molar-refractivity contribution >= 4 is 11.8 Å². The van der Waals surface area contributed by atoms with Gasteiger partial charge in [-0.15, -0.1) is 10.2 Å². The van der Waals surface area contributed by atoms with E-state index in [1.54, 1.807) is 11.8 Å². The Bertz CT molecular complexity index is 605. The van der Waals surface area contributed by atoms with Crippen molar-refractivity contribution in [2.45, 2.75) is 31.3 Å². The summed E-state index contributed by atoms with van der Waals surface area (Å²) >= 11 is 1.53. The van der Waals surface area contributed by atoms with E-state index in [1.807, 2.05) is 24.3 Å². The molecule has 0 atom stereocenters. The van der Waals surface area contributed by atoms with Gasteiger partial charge in [0.2, 0.25) is 5.16 Å².